The highest BCUT2D eigenvalue weighted by Crippen LogP contribution is 2.33. The molecular weight excluding hydrogens is 261 g/mol. The zero-order valence-electron chi connectivity index (χ0n) is 8.89. The number of hydrogen-bond donors (Lipinski definition) is 1. The third-order valence-electron chi connectivity index (χ3n) is 2.37. The van der Waals surface area contributed by atoms with Crippen molar-refractivity contribution in [2.45, 2.75) is 19.3 Å². The molecule has 0 aliphatic rings. The van der Waals surface area contributed by atoms with E-state index in [0.717, 1.165) is 16.5 Å². The van der Waals surface area contributed by atoms with Gasteiger partial charge in [0, 0.05) is 10.0 Å². The van der Waals surface area contributed by atoms with Gasteiger partial charge in [-0.05, 0) is 31.0 Å². The quantitative estimate of drug-likeness (QED) is 0.917. The van der Waals surface area contributed by atoms with Crippen LogP contribution < -0.4 is 10.5 Å². The Balaban J connectivity index is 3.13. The lowest BCUT2D eigenvalue weighted by Gasteiger charge is -2.15. The van der Waals surface area contributed by atoms with E-state index in [2.05, 4.69) is 15.9 Å². The number of benzene rings is 1. The highest BCUT2D eigenvalue weighted by Gasteiger charge is 2.15. The molecular formula is C11H15BrFNO. The van der Waals surface area contributed by atoms with E-state index in [0.29, 0.717) is 12.3 Å². The molecule has 0 aliphatic heterocycles. The summed E-state index contributed by atoms with van der Waals surface area (Å²) < 4.78 is 19.3. The van der Waals surface area contributed by atoms with Gasteiger partial charge in [0.1, 0.15) is 0 Å². The molecule has 1 atom stereocenters. The van der Waals surface area contributed by atoms with Gasteiger partial charge in [-0.1, -0.05) is 22.9 Å². The van der Waals surface area contributed by atoms with Crippen molar-refractivity contribution in [3.63, 3.8) is 0 Å². The largest absolute Gasteiger partial charge is 0.493 e. The van der Waals surface area contributed by atoms with E-state index in [9.17, 15) is 4.39 Å². The van der Waals surface area contributed by atoms with Crippen LogP contribution in [0, 0.1) is 5.82 Å². The topological polar surface area (TPSA) is 35.2 Å². The first-order valence-corrected chi connectivity index (χ1v) is 5.62. The maximum Gasteiger partial charge on any atom is 0.166 e. The van der Waals surface area contributed by atoms with Crippen molar-refractivity contribution in [2.75, 3.05) is 13.7 Å². The Hall–Kier alpha value is -0.610. The van der Waals surface area contributed by atoms with Gasteiger partial charge in [0.15, 0.2) is 11.6 Å². The van der Waals surface area contributed by atoms with Crippen molar-refractivity contribution in [1.82, 2.24) is 0 Å². The second-order valence-electron chi connectivity index (χ2n) is 3.49. The first-order chi connectivity index (χ1) is 7.10. The minimum Gasteiger partial charge on any atom is -0.493 e. The second kappa shape index (κ2) is 5.47. The first-order valence-electron chi connectivity index (χ1n) is 4.83. The Kier molecular flexibility index (Phi) is 4.54. The van der Waals surface area contributed by atoms with Crippen LogP contribution in [0.15, 0.2) is 16.6 Å². The second-order valence-corrected chi connectivity index (χ2v) is 4.40. The molecule has 0 spiro atoms. The van der Waals surface area contributed by atoms with Crippen molar-refractivity contribution in [1.29, 1.82) is 0 Å². The molecule has 2 N–H and O–H groups in total. The van der Waals surface area contributed by atoms with Crippen LogP contribution in [0.2, 0.25) is 0 Å². The van der Waals surface area contributed by atoms with Crippen LogP contribution in [-0.2, 0) is 0 Å². The van der Waals surface area contributed by atoms with E-state index < -0.39 is 0 Å². The van der Waals surface area contributed by atoms with Crippen LogP contribution in [0.4, 0.5) is 4.39 Å². The van der Waals surface area contributed by atoms with E-state index in [1.165, 1.54) is 13.2 Å². The fourth-order valence-electron chi connectivity index (χ4n) is 1.57. The molecule has 0 saturated carbocycles. The van der Waals surface area contributed by atoms with E-state index in [1.54, 1.807) is 0 Å². The summed E-state index contributed by atoms with van der Waals surface area (Å²) in [5.41, 5.74) is 6.34. The molecule has 0 bridgehead atoms. The van der Waals surface area contributed by atoms with Gasteiger partial charge in [-0.2, -0.15) is 0 Å². The molecule has 2 nitrogen and oxygen atoms in total. The molecule has 0 amide bonds. The summed E-state index contributed by atoms with van der Waals surface area (Å²) in [4.78, 5) is 0. The Morgan fingerprint density at radius 3 is 2.73 bits per heavy atom. The fourth-order valence-corrected chi connectivity index (χ4v) is 2.01. The zero-order valence-corrected chi connectivity index (χ0v) is 10.5. The first kappa shape index (κ1) is 12.5. The lowest BCUT2D eigenvalue weighted by Crippen LogP contribution is -2.06. The predicted molar refractivity (Wildman–Crippen MR) is 62.7 cm³/mol. The molecule has 1 unspecified atom stereocenters. The summed E-state index contributed by atoms with van der Waals surface area (Å²) in [6.07, 6.45) is 0.812. The molecule has 0 heterocycles. The molecule has 0 fully saturated rings. The van der Waals surface area contributed by atoms with Crippen molar-refractivity contribution >= 4 is 15.9 Å². The van der Waals surface area contributed by atoms with Crippen LogP contribution >= 0.6 is 15.9 Å². The van der Waals surface area contributed by atoms with E-state index in [4.69, 9.17) is 10.5 Å². The minimum atomic E-state index is -0.342. The Morgan fingerprint density at radius 2 is 2.20 bits per heavy atom. The Labute approximate surface area is 97.7 Å². The highest BCUT2D eigenvalue weighted by molar-refractivity contribution is 9.10. The van der Waals surface area contributed by atoms with Crippen LogP contribution in [0.3, 0.4) is 0 Å². The summed E-state index contributed by atoms with van der Waals surface area (Å²) in [6, 6.07) is 3.28. The Bertz CT molecular complexity index is 344. The maximum atomic E-state index is 13.5. The summed E-state index contributed by atoms with van der Waals surface area (Å²) >= 11 is 3.27. The third-order valence-corrected chi connectivity index (χ3v) is 2.83. The Morgan fingerprint density at radius 1 is 1.53 bits per heavy atom. The average Bonchev–Trinajstić information content (AvgIpc) is 2.17. The molecule has 4 heteroatoms. The average molecular weight is 276 g/mol. The fraction of sp³-hybridized carbons (Fsp3) is 0.455. The molecule has 15 heavy (non-hydrogen) atoms. The number of rotatable bonds is 4. The number of hydrogen-bond acceptors (Lipinski definition) is 2. The van der Waals surface area contributed by atoms with Gasteiger partial charge in [-0.25, -0.2) is 4.39 Å². The molecule has 0 saturated heterocycles. The molecule has 0 aromatic heterocycles. The molecule has 0 radical (unpaired) electrons. The van der Waals surface area contributed by atoms with E-state index in [-0.39, 0.29) is 11.7 Å². The molecule has 1 rings (SSSR count). The highest BCUT2D eigenvalue weighted by atomic mass is 79.9. The lowest BCUT2D eigenvalue weighted by molar-refractivity contribution is 0.377. The van der Waals surface area contributed by atoms with Crippen molar-refractivity contribution in [3.05, 3.63) is 28.0 Å². The van der Waals surface area contributed by atoms with Crippen LogP contribution in [0.1, 0.15) is 24.8 Å². The third kappa shape index (κ3) is 2.92. The molecule has 1 aromatic rings. The van der Waals surface area contributed by atoms with Gasteiger partial charge in [0.05, 0.1) is 7.11 Å². The van der Waals surface area contributed by atoms with Crippen molar-refractivity contribution in [3.8, 4) is 5.75 Å². The number of methoxy groups -OCH3 is 1. The monoisotopic (exact) mass is 275 g/mol. The van der Waals surface area contributed by atoms with Gasteiger partial charge in [-0.15, -0.1) is 0 Å². The predicted octanol–water partition coefficient (Wildman–Crippen LogP) is 3.05. The van der Waals surface area contributed by atoms with Crippen molar-refractivity contribution in [2.24, 2.45) is 5.73 Å². The minimum absolute atomic E-state index is 0.192. The molecule has 84 valence electrons. The maximum absolute atomic E-state index is 13.5. The molecule has 0 aliphatic carbocycles. The van der Waals surface area contributed by atoms with Gasteiger partial charge in [0.2, 0.25) is 0 Å². The zero-order chi connectivity index (χ0) is 11.4. The van der Waals surface area contributed by atoms with Gasteiger partial charge in [0.25, 0.3) is 0 Å². The summed E-state index contributed by atoms with van der Waals surface area (Å²) in [5, 5.41) is 0. The smallest absolute Gasteiger partial charge is 0.166 e. The SMILES string of the molecule is COc1c(F)cc(Br)cc1C(C)CCN. The van der Waals surface area contributed by atoms with E-state index in [1.807, 2.05) is 13.0 Å². The number of nitrogens with two attached hydrogens (primary N) is 1. The molecule has 1 aromatic carbocycles. The van der Waals surface area contributed by atoms with Gasteiger partial charge < -0.3 is 10.5 Å². The van der Waals surface area contributed by atoms with Gasteiger partial charge >= 0.3 is 0 Å². The van der Waals surface area contributed by atoms with Gasteiger partial charge in [-0.3, -0.25) is 0 Å². The normalized spacial score (nSPS) is 12.6. The van der Waals surface area contributed by atoms with Crippen molar-refractivity contribution < 1.29 is 9.13 Å². The summed E-state index contributed by atoms with van der Waals surface area (Å²) in [7, 11) is 1.48. The summed E-state index contributed by atoms with van der Waals surface area (Å²) in [6.45, 7) is 2.59. The lowest BCUT2D eigenvalue weighted by atomic mass is 9.97. The van der Waals surface area contributed by atoms with Crippen LogP contribution in [-0.4, -0.2) is 13.7 Å². The number of ether oxygens (including phenoxy) is 1. The number of halogens is 2. The van der Waals surface area contributed by atoms with Crippen LogP contribution in [0.5, 0.6) is 5.75 Å². The van der Waals surface area contributed by atoms with Crippen LogP contribution in [0.25, 0.3) is 0 Å². The standard InChI is InChI=1S/C11H15BrFNO/c1-7(3-4-14)9-5-8(12)6-10(13)11(9)15-2/h5-7H,3-4,14H2,1-2H3. The summed E-state index contributed by atoms with van der Waals surface area (Å²) in [5.74, 6) is 0.168. The van der Waals surface area contributed by atoms with E-state index >= 15 is 0 Å².